The van der Waals surface area contributed by atoms with Crippen molar-refractivity contribution in [1.82, 2.24) is 4.98 Å². The molecule has 2 rings (SSSR count). The van der Waals surface area contributed by atoms with Crippen molar-refractivity contribution in [2.24, 2.45) is 0 Å². The van der Waals surface area contributed by atoms with Gasteiger partial charge in [0.25, 0.3) is 5.91 Å². The standard InChI is InChI=1S/C15H16N2O4/c1-3-21-12-7-5-4-6-10(12)14(18)17-11-8-9(2)16-13(11)15(19)20/h4-8,16H,3H2,1-2H3,(H,17,18)(H,19,20). The Morgan fingerprint density at radius 3 is 2.71 bits per heavy atom. The van der Waals surface area contributed by atoms with E-state index in [0.29, 0.717) is 23.6 Å². The Bertz CT molecular complexity index is 676. The van der Waals surface area contributed by atoms with Crippen molar-refractivity contribution in [3.05, 3.63) is 47.3 Å². The van der Waals surface area contributed by atoms with Gasteiger partial charge in [-0.3, -0.25) is 4.79 Å². The van der Waals surface area contributed by atoms with Gasteiger partial charge >= 0.3 is 5.97 Å². The van der Waals surface area contributed by atoms with Gasteiger partial charge in [-0.2, -0.15) is 0 Å². The first-order valence-corrected chi connectivity index (χ1v) is 6.49. The molecule has 6 heteroatoms. The highest BCUT2D eigenvalue weighted by atomic mass is 16.5. The Morgan fingerprint density at radius 1 is 1.33 bits per heavy atom. The number of rotatable bonds is 5. The molecule has 1 heterocycles. The summed E-state index contributed by atoms with van der Waals surface area (Å²) in [6, 6.07) is 8.38. The van der Waals surface area contributed by atoms with Gasteiger partial charge in [-0.15, -0.1) is 0 Å². The number of aromatic nitrogens is 1. The summed E-state index contributed by atoms with van der Waals surface area (Å²) in [7, 11) is 0. The Hall–Kier alpha value is -2.76. The minimum atomic E-state index is -1.13. The molecule has 0 aliphatic carbocycles. The lowest BCUT2D eigenvalue weighted by atomic mass is 10.2. The van der Waals surface area contributed by atoms with Crippen LogP contribution in [-0.4, -0.2) is 28.6 Å². The third kappa shape index (κ3) is 3.22. The largest absolute Gasteiger partial charge is 0.493 e. The van der Waals surface area contributed by atoms with Crippen molar-refractivity contribution in [3.8, 4) is 5.75 Å². The number of anilines is 1. The number of carbonyl (C=O) groups excluding carboxylic acids is 1. The third-order valence-corrected chi connectivity index (χ3v) is 2.85. The van der Waals surface area contributed by atoms with E-state index in [9.17, 15) is 9.59 Å². The van der Waals surface area contributed by atoms with Gasteiger partial charge in [-0.25, -0.2) is 4.79 Å². The summed E-state index contributed by atoms with van der Waals surface area (Å²) >= 11 is 0. The lowest BCUT2D eigenvalue weighted by Crippen LogP contribution is -2.15. The number of ether oxygens (including phenoxy) is 1. The highest BCUT2D eigenvalue weighted by Crippen LogP contribution is 2.22. The molecule has 0 saturated carbocycles. The molecule has 0 atom stereocenters. The predicted molar refractivity (Wildman–Crippen MR) is 78.1 cm³/mol. The van der Waals surface area contributed by atoms with Crippen molar-refractivity contribution in [3.63, 3.8) is 0 Å². The number of aromatic amines is 1. The highest BCUT2D eigenvalue weighted by molar-refractivity contribution is 6.08. The van der Waals surface area contributed by atoms with E-state index in [1.165, 1.54) is 0 Å². The van der Waals surface area contributed by atoms with Crippen LogP contribution in [-0.2, 0) is 0 Å². The molecule has 2 aromatic rings. The van der Waals surface area contributed by atoms with Crippen molar-refractivity contribution in [2.75, 3.05) is 11.9 Å². The maximum absolute atomic E-state index is 12.3. The SMILES string of the molecule is CCOc1ccccc1C(=O)Nc1cc(C)[nH]c1C(=O)O. The van der Waals surface area contributed by atoms with Crippen LogP contribution in [0.1, 0.15) is 33.5 Å². The number of para-hydroxylation sites is 1. The minimum absolute atomic E-state index is 0.0465. The second kappa shape index (κ2) is 6.13. The van der Waals surface area contributed by atoms with Crippen LogP contribution in [0.4, 0.5) is 5.69 Å². The number of hydrogen-bond acceptors (Lipinski definition) is 3. The van der Waals surface area contributed by atoms with Crippen molar-refractivity contribution in [1.29, 1.82) is 0 Å². The fraction of sp³-hybridized carbons (Fsp3) is 0.200. The summed E-state index contributed by atoms with van der Waals surface area (Å²) in [5.74, 6) is -1.08. The lowest BCUT2D eigenvalue weighted by Gasteiger charge is -2.10. The van der Waals surface area contributed by atoms with Crippen LogP contribution < -0.4 is 10.1 Å². The molecule has 1 aromatic carbocycles. The number of carboxylic acids is 1. The Kier molecular flexibility index (Phi) is 4.27. The summed E-state index contributed by atoms with van der Waals surface area (Å²) < 4.78 is 5.39. The molecule has 0 aliphatic rings. The molecule has 21 heavy (non-hydrogen) atoms. The Balaban J connectivity index is 2.28. The van der Waals surface area contributed by atoms with E-state index in [0.717, 1.165) is 0 Å². The number of carboxylic acid groups (broad SMARTS) is 1. The van der Waals surface area contributed by atoms with E-state index in [2.05, 4.69) is 10.3 Å². The summed E-state index contributed by atoms with van der Waals surface area (Å²) in [5, 5.41) is 11.7. The van der Waals surface area contributed by atoms with Crippen LogP contribution in [0.25, 0.3) is 0 Å². The molecule has 3 N–H and O–H groups in total. The van der Waals surface area contributed by atoms with Crippen LogP contribution in [0.3, 0.4) is 0 Å². The van der Waals surface area contributed by atoms with E-state index in [4.69, 9.17) is 9.84 Å². The van der Waals surface area contributed by atoms with E-state index in [1.54, 1.807) is 37.3 Å². The zero-order chi connectivity index (χ0) is 15.4. The minimum Gasteiger partial charge on any atom is -0.493 e. The molecule has 0 aliphatic heterocycles. The van der Waals surface area contributed by atoms with E-state index >= 15 is 0 Å². The van der Waals surface area contributed by atoms with E-state index < -0.39 is 11.9 Å². The van der Waals surface area contributed by atoms with Crippen molar-refractivity contribution >= 4 is 17.6 Å². The number of benzene rings is 1. The van der Waals surface area contributed by atoms with Gasteiger partial charge in [-0.1, -0.05) is 12.1 Å². The van der Waals surface area contributed by atoms with Crippen molar-refractivity contribution < 1.29 is 19.4 Å². The average Bonchev–Trinajstić information content (AvgIpc) is 2.80. The van der Waals surface area contributed by atoms with Gasteiger partial charge in [-0.05, 0) is 32.0 Å². The third-order valence-electron chi connectivity index (χ3n) is 2.85. The maximum Gasteiger partial charge on any atom is 0.354 e. The molecule has 0 fully saturated rings. The molecule has 0 saturated heterocycles. The van der Waals surface area contributed by atoms with Gasteiger partial charge in [0, 0.05) is 5.69 Å². The quantitative estimate of drug-likeness (QED) is 0.788. The monoisotopic (exact) mass is 288 g/mol. The highest BCUT2D eigenvalue weighted by Gasteiger charge is 2.18. The van der Waals surface area contributed by atoms with Crippen LogP contribution in [0.5, 0.6) is 5.75 Å². The lowest BCUT2D eigenvalue weighted by molar-refractivity contribution is 0.0692. The molecule has 1 amide bonds. The molecular weight excluding hydrogens is 272 g/mol. The summed E-state index contributed by atoms with van der Waals surface area (Å²) in [6.07, 6.45) is 0. The second-order valence-electron chi connectivity index (χ2n) is 4.43. The second-order valence-corrected chi connectivity index (χ2v) is 4.43. The molecule has 0 bridgehead atoms. The van der Waals surface area contributed by atoms with Gasteiger partial charge < -0.3 is 20.1 Å². The molecule has 6 nitrogen and oxygen atoms in total. The number of aromatic carboxylic acids is 1. The van der Waals surface area contributed by atoms with Crippen LogP contribution in [0.15, 0.2) is 30.3 Å². The van der Waals surface area contributed by atoms with Gasteiger partial charge in [0.1, 0.15) is 11.4 Å². The normalized spacial score (nSPS) is 10.2. The number of carbonyl (C=O) groups is 2. The van der Waals surface area contributed by atoms with Crippen molar-refractivity contribution in [2.45, 2.75) is 13.8 Å². The number of nitrogens with one attached hydrogen (secondary N) is 2. The smallest absolute Gasteiger partial charge is 0.354 e. The van der Waals surface area contributed by atoms with Crippen LogP contribution >= 0.6 is 0 Å². The van der Waals surface area contributed by atoms with Crippen LogP contribution in [0, 0.1) is 6.92 Å². The van der Waals surface area contributed by atoms with Gasteiger partial charge in [0.15, 0.2) is 0 Å². The molecule has 1 aromatic heterocycles. The van der Waals surface area contributed by atoms with Gasteiger partial charge in [0.05, 0.1) is 17.9 Å². The average molecular weight is 288 g/mol. The van der Waals surface area contributed by atoms with Crippen LogP contribution in [0.2, 0.25) is 0 Å². The fourth-order valence-electron chi connectivity index (χ4n) is 1.98. The zero-order valence-corrected chi connectivity index (χ0v) is 11.8. The topological polar surface area (TPSA) is 91.4 Å². The predicted octanol–water partition coefficient (Wildman–Crippen LogP) is 2.67. The number of H-pyrrole nitrogens is 1. The molecule has 110 valence electrons. The Morgan fingerprint density at radius 2 is 2.05 bits per heavy atom. The summed E-state index contributed by atoms with van der Waals surface area (Å²) in [5.41, 5.74) is 1.20. The first-order valence-electron chi connectivity index (χ1n) is 6.49. The zero-order valence-electron chi connectivity index (χ0n) is 11.8. The first kappa shape index (κ1) is 14.6. The Labute approximate surface area is 121 Å². The number of aryl methyl sites for hydroxylation is 1. The molecule has 0 radical (unpaired) electrons. The first-order chi connectivity index (χ1) is 10.0. The fourth-order valence-corrected chi connectivity index (χ4v) is 1.98. The summed E-state index contributed by atoms with van der Waals surface area (Å²) in [6.45, 7) is 3.98. The summed E-state index contributed by atoms with van der Waals surface area (Å²) in [4.78, 5) is 26.1. The molecule has 0 spiro atoms. The number of amides is 1. The van der Waals surface area contributed by atoms with E-state index in [1.807, 2.05) is 6.92 Å². The maximum atomic E-state index is 12.3. The number of hydrogen-bond donors (Lipinski definition) is 3. The molecule has 0 unspecified atom stereocenters. The van der Waals surface area contributed by atoms with E-state index in [-0.39, 0.29) is 11.4 Å². The van der Waals surface area contributed by atoms with Gasteiger partial charge in [0.2, 0.25) is 0 Å². The molecular formula is C15H16N2O4.